The van der Waals surface area contributed by atoms with Crippen molar-refractivity contribution in [3.63, 3.8) is 0 Å². The summed E-state index contributed by atoms with van der Waals surface area (Å²) in [5, 5.41) is 4.18. The Labute approximate surface area is 164 Å². The van der Waals surface area contributed by atoms with Crippen LogP contribution in [0.3, 0.4) is 0 Å². The maximum absolute atomic E-state index is 12.5. The van der Waals surface area contributed by atoms with E-state index in [9.17, 15) is 9.59 Å². The van der Waals surface area contributed by atoms with Gasteiger partial charge in [0, 0.05) is 18.0 Å². The van der Waals surface area contributed by atoms with Crippen LogP contribution in [0, 0.1) is 5.92 Å². The third kappa shape index (κ3) is 3.87. The lowest BCUT2D eigenvalue weighted by Crippen LogP contribution is -2.28. The molecule has 0 unspecified atom stereocenters. The van der Waals surface area contributed by atoms with Crippen molar-refractivity contribution in [3.8, 4) is 0 Å². The van der Waals surface area contributed by atoms with Crippen LogP contribution in [-0.4, -0.2) is 18.4 Å². The average Bonchev–Trinajstić information content (AvgIpc) is 2.94. The molecule has 130 valence electrons. The average molecular weight is 418 g/mol. The monoisotopic (exact) mass is 416 g/mol. The molecule has 8 heteroatoms. The summed E-state index contributed by atoms with van der Waals surface area (Å²) in [5.41, 5.74) is 0.946. The Balaban J connectivity index is 1.75. The number of nitrogens with one attached hydrogen (secondary N) is 1. The summed E-state index contributed by atoms with van der Waals surface area (Å²) in [6.45, 7) is 0.218. The zero-order valence-corrected chi connectivity index (χ0v) is 15.8. The topological polar surface area (TPSA) is 49.4 Å². The second kappa shape index (κ2) is 7.42. The molecule has 1 heterocycles. The van der Waals surface area contributed by atoms with Crippen molar-refractivity contribution >= 4 is 69.6 Å². The molecule has 0 aromatic heterocycles. The molecule has 0 radical (unpaired) electrons. The number of nitrogens with zero attached hydrogens (tertiary/aromatic N) is 1. The highest BCUT2D eigenvalue weighted by Gasteiger charge is 2.36. The first-order valence-electron chi connectivity index (χ1n) is 7.37. The number of amides is 2. The Morgan fingerprint density at radius 2 is 1.84 bits per heavy atom. The molecule has 25 heavy (non-hydrogen) atoms. The molecule has 0 spiro atoms. The summed E-state index contributed by atoms with van der Waals surface area (Å²) in [4.78, 5) is 26.3. The van der Waals surface area contributed by atoms with Crippen LogP contribution in [0.1, 0.15) is 6.42 Å². The normalized spacial score (nSPS) is 17.0. The van der Waals surface area contributed by atoms with Gasteiger partial charge in [0.15, 0.2) is 0 Å². The molecular weight excluding hydrogens is 406 g/mol. The van der Waals surface area contributed by atoms with E-state index in [-0.39, 0.29) is 24.8 Å². The minimum atomic E-state index is -0.519. The Bertz CT molecular complexity index is 857. The van der Waals surface area contributed by atoms with Crippen LogP contribution < -0.4 is 10.2 Å². The van der Waals surface area contributed by atoms with Gasteiger partial charge in [-0.05, 0) is 30.3 Å². The second-order valence-corrected chi connectivity index (χ2v) is 7.22. The van der Waals surface area contributed by atoms with E-state index < -0.39 is 5.92 Å². The van der Waals surface area contributed by atoms with Crippen molar-refractivity contribution in [1.82, 2.24) is 0 Å². The Morgan fingerprint density at radius 3 is 2.56 bits per heavy atom. The first kappa shape index (κ1) is 18.3. The van der Waals surface area contributed by atoms with Gasteiger partial charge in [-0.15, -0.1) is 0 Å². The van der Waals surface area contributed by atoms with Gasteiger partial charge < -0.3 is 10.2 Å². The van der Waals surface area contributed by atoms with Gasteiger partial charge in [0.25, 0.3) is 0 Å². The molecule has 4 nitrogen and oxygen atoms in total. The van der Waals surface area contributed by atoms with Gasteiger partial charge in [0.2, 0.25) is 11.8 Å². The van der Waals surface area contributed by atoms with Crippen LogP contribution in [0.15, 0.2) is 36.4 Å². The number of carbonyl (C=O) groups is 2. The first-order chi connectivity index (χ1) is 11.9. The van der Waals surface area contributed by atoms with E-state index >= 15 is 0 Å². The molecular formula is C17H12Cl4N2O2. The molecule has 1 aliphatic rings. The minimum absolute atomic E-state index is 0.0832. The second-order valence-electron chi connectivity index (χ2n) is 5.59. The zero-order valence-electron chi connectivity index (χ0n) is 12.7. The van der Waals surface area contributed by atoms with Gasteiger partial charge in [-0.1, -0.05) is 52.5 Å². The lowest BCUT2D eigenvalue weighted by Gasteiger charge is -2.18. The summed E-state index contributed by atoms with van der Waals surface area (Å²) < 4.78 is 0. The molecule has 0 aliphatic carbocycles. The molecule has 1 atom stereocenters. The summed E-state index contributed by atoms with van der Waals surface area (Å²) in [6.07, 6.45) is 0.0832. The van der Waals surface area contributed by atoms with Crippen molar-refractivity contribution in [2.75, 3.05) is 16.8 Å². The van der Waals surface area contributed by atoms with E-state index in [2.05, 4.69) is 5.32 Å². The quantitative estimate of drug-likeness (QED) is 0.737. The maximum atomic E-state index is 12.5. The van der Waals surface area contributed by atoms with Crippen LogP contribution >= 0.6 is 46.4 Å². The number of halogens is 4. The first-order valence-corrected chi connectivity index (χ1v) is 8.88. The molecule has 0 saturated carbocycles. The van der Waals surface area contributed by atoms with Gasteiger partial charge >= 0.3 is 0 Å². The fourth-order valence-corrected chi connectivity index (χ4v) is 3.50. The smallest absolute Gasteiger partial charge is 0.229 e. The van der Waals surface area contributed by atoms with Crippen LogP contribution in [0.5, 0.6) is 0 Å². The molecule has 1 aliphatic heterocycles. The van der Waals surface area contributed by atoms with Gasteiger partial charge in [-0.2, -0.15) is 0 Å². The van der Waals surface area contributed by atoms with E-state index in [1.165, 1.54) is 11.0 Å². The van der Waals surface area contributed by atoms with Crippen molar-refractivity contribution in [3.05, 3.63) is 56.5 Å². The van der Waals surface area contributed by atoms with E-state index in [0.29, 0.717) is 31.5 Å². The van der Waals surface area contributed by atoms with Crippen LogP contribution in [0.25, 0.3) is 0 Å². The van der Waals surface area contributed by atoms with Crippen LogP contribution in [0.2, 0.25) is 20.1 Å². The highest BCUT2D eigenvalue weighted by atomic mass is 35.5. The van der Waals surface area contributed by atoms with E-state index in [1.54, 1.807) is 30.3 Å². The van der Waals surface area contributed by atoms with Crippen molar-refractivity contribution in [2.45, 2.75) is 6.42 Å². The molecule has 1 saturated heterocycles. The molecule has 1 fully saturated rings. The summed E-state index contributed by atoms with van der Waals surface area (Å²) in [6, 6.07) is 9.82. The maximum Gasteiger partial charge on any atom is 0.229 e. The number of benzene rings is 2. The largest absolute Gasteiger partial charge is 0.324 e. The Morgan fingerprint density at radius 1 is 1.08 bits per heavy atom. The third-order valence-corrected chi connectivity index (χ3v) is 5.26. The van der Waals surface area contributed by atoms with Crippen molar-refractivity contribution in [1.29, 1.82) is 0 Å². The van der Waals surface area contributed by atoms with Gasteiger partial charge in [0.05, 0.1) is 32.4 Å². The summed E-state index contributed by atoms with van der Waals surface area (Å²) in [5.74, 6) is -1.00. The predicted octanol–water partition coefficient (Wildman–Crippen LogP) is 5.29. The number of anilines is 2. The number of rotatable bonds is 3. The van der Waals surface area contributed by atoms with Gasteiger partial charge in [0.1, 0.15) is 0 Å². The zero-order chi connectivity index (χ0) is 18.1. The fraction of sp³-hybridized carbons (Fsp3) is 0.176. The standard InChI is InChI=1S/C17H12Cl4N2O2/c18-10-4-5-13(12(20)7-10)22-17(25)9-6-15(24)23(8-9)14-3-1-2-11(19)16(14)21/h1-5,7,9H,6,8H2,(H,22,25)/t9-/m0/s1. The molecule has 0 bridgehead atoms. The fourth-order valence-electron chi connectivity index (χ4n) is 2.64. The third-order valence-electron chi connectivity index (χ3n) is 3.91. The lowest BCUT2D eigenvalue weighted by atomic mass is 10.1. The van der Waals surface area contributed by atoms with E-state index in [0.717, 1.165) is 0 Å². The Kier molecular flexibility index (Phi) is 5.44. The number of hydrogen-bond acceptors (Lipinski definition) is 2. The predicted molar refractivity (Wildman–Crippen MR) is 102 cm³/mol. The van der Waals surface area contributed by atoms with Crippen molar-refractivity contribution < 1.29 is 9.59 Å². The summed E-state index contributed by atoms with van der Waals surface area (Å²) in [7, 11) is 0. The SMILES string of the molecule is O=C(Nc1ccc(Cl)cc1Cl)[C@H]1CC(=O)N(c2cccc(Cl)c2Cl)C1. The summed E-state index contributed by atoms with van der Waals surface area (Å²) >= 11 is 24.1. The highest BCUT2D eigenvalue weighted by Crippen LogP contribution is 2.36. The molecule has 2 amide bonds. The lowest BCUT2D eigenvalue weighted by molar-refractivity contribution is -0.122. The van der Waals surface area contributed by atoms with Crippen LogP contribution in [-0.2, 0) is 9.59 Å². The van der Waals surface area contributed by atoms with E-state index in [4.69, 9.17) is 46.4 Å². The van der Waals surface area contributed by atoms with Gasteiger partial charge in [-0.25, -0.2) is 0 Å². The number of carbonyl (C=O) groups excluding carboxylic acids is 2. The molecule has 1 N–H and O–H groups in total. The van der Waals surface area contributed by atoms with Crippen LogP contribution in [0.4, 0.5) is 11.4 Å². The number of hydrogen-bond donors (Lipinski definition) is 1. The molecule has 2 aromatic carbocycles. The minimum Gasteiger partial charge on any atom is -0.324 e. The molecule has 2 aromatic rings. The Hall–Kier alpha value is -1.46. The van der Waals surface area contributed by atoms with E-state index in [1.807, 2.05) is 0 Å². The van der Waals surface area contributed by atoms with Crippen molar-refractivity contribution in [2.24, 2.45) is 5.92 Å². The highest BCUT2D eigenvalue weighted by molar-refractivity contribution is 6.44. The molecule has 3 rings (SSSR count). The van der Waals surface area contributed by atoms with Gasteiger partial charge in [-0.3, -0.25) is 9.59 Å².